The van der Waals surface area contributed by atoms with Crippen molar-refractivity contribution >= 4 is 27.3 Å². The highest BCUT2D eigenvalue weighted by molar-refractivity contribution is 7.89. The minimum absolute atomic E-state index is 0.0271. The predicted octanol–water partition coefficient (Wildman–Crippen LogP) is 1.58. The first-order valence-corrected chi connectivity index (χ1v) is 11.8. The first-order valence-electron chi connectivity index (χ1n) is 10.3. The summed E-state index contributed by atoms with van der Waals surface area (Å²) in [6.07, 6.45) is 0. The first kappa shape index (κ1) is 22.2. The molecule has 1 amide bonds. The Balaban J connectivity index is 1.44. The Kier molecular flexibility index (Phi) is 6.40. The van der Waals surface area contributed by atoms with Gasteiger partial charge in [-0.3, -0.25) is 14.9 Å². The van der Waals surface area contributed by atoms with Crippen molar-refractivity contribution in [3.05, 3.63) is 64.2 Å². The highest BCUT2D eigenvalue weighted by Gasteiger charge is 2.28. The number of carbonyl (C=O) groups excluding carboxylic acids is 1. The van der Waals surface area contributed by atoms with Gasteiger partial charge in [-0.05, 0) is 24.3 Å². The van der Waals surface area contributed by atoms with E-state index in [1.165, 1.54) is 28.6 Å². The van der Waals surface area contributed by atoms with Crippen LogP contribution in [0.2, 0.25) is 0 Å². The third kappa shape index (κ3) is 4.59. The highest BCUT2D eigenvalue weighted by Crippen LogP contribution is 2.23. The van der Waals surface area contributed by atoms with Crippen molar-refractivity contribution < 1.29 is 22.9 Å². The molecular weight excluding hydrogens is 436 g/mol. The monoisotopic (exact) mass is 460 g/mol. The van der Waals surface area contributed by atoms with Crippen LogP contribution < -0.4 is 4.90 Å². The van der Waals surface area contributed by atoms with E-state index in [0.29, 0.717) is 58.0 Å². The Morgan fingerprint density at radius 3 is 2.31 bits per heavy atom. The maximum absolute atomic E-state index is 13.0. The molecule has 2 aromatic carbocycles. The van der Waals surface area contributed by atoms with Crippen molar-refractivity contribution in [2.45, 2.75) is 4.90 Å². The summed E-state index contributed by atoms with van der Waals surface area (Å²) < 4.78 is 32.4. The standard InChI is InChI=1S/C21H24N4O6S/c26-21(17-3-1-6-20(15-17)32(29,30)24-11-13-31-14-12-24)23-9-7-22(8-10-23)18-4-2-5-19(16-18)25(27)28/h1-6,15-16H,7-14H2. The van der Waals surface area contributed by atoms with E-state index in [9.17, 15) is 23.3 Å². The van der Waals surface area contributed by atoms with Crippen molar-refractivity contribution in [1.82, 2.24) is 9.21 Å². The number of nitro benzene ring substituents is 1. The molecule has 0 bridgehead atoms. The van der Waals surface area contributed by atoms with Gasteiger partial charge < -0.3 is 14.5 Å². The van der Waals surface area contributed by atoms with Crippen LogP contribution in [-0.2, 0) is 14.8 Å². The summed E-state index contributed by atoms with van der Waals surface area (Å²) >= 11 is 0. The van der Waals surface area contributed by atoms with Crippen LogP contribution in [0.5, 0.6) is 0 Å². The quantitative estimate of drug-likeness (QED) is 0.492. The van der Waals surface area contributed by atoms with E-state index in [4.69, 9.17) is 4.74 Å². The van der Waals surface area contributed by atoms with Crippen molar-refractivity contribution in [2.75, 3.05) is 57.4 Å². The fourth-order valence-electron chi connectivity index (χ4n) is 3.88. The number of nitro groups is 1. The van der Waals surface area contributed by atoms with Crippen LogP contribution in [0.4, 0.5) is 11.4 Å². The van der Waals surface area contributed by atoms with Gasteiger partial charge in [-0.2, -0.15) is 4.31 Å². The van der Waals surface area contributed by atoms with E-state index in [1.807, 2.05) is 11.0 Å². The number of piperazine rings is 1. The number of hydrogen-bond donors (Lipinski definition) is 0. The summed E-state index contributed by atoms with van der Waals surface area (Å²) in [5, 5.41) is 11.0. The summed E-state index contributed by atoms with van der Waals surface area (Å²) in [4.78, 5) is 27.4. The number of sulfonamides is 1. The van der Waals surface area contributed by atoms with Gasteiger partial charge in [0.2, 0.25) is 10.0 Å². The van der Waals surface area contributed by atoms with Crippen LogP contribution in [0, 0.1) is 10.1 Å². The molecule has 2 aliphatic heterocycles. The number of carbonyl (C=O) groups is 1. The Morgan fingerprint density at radius 2 is 1.62 bits per heavy atom. The maximum Gasteiger partial charge on any atom is 0.271 e. The van der Waals surface area contributed by atoms with Crippen LogP contribution in [0.25, 0.3) is 0 Å². The smallest absolute Gasteiger partial charge is 0.271 e. The van der Waals surface area contributed by atoms with Gasteiger partial charge in [0.1, 0.15) is 0 Å². The van der Waals surface area contributed by atoms with Crippen molar-refractivity contribution in [1.29, 1.82) is 0 Å². The molecule has 4 rings (SSSR count). The second-order valence-electron chi connectivity index (χ2n) is 7.60. The lowest BCUT2D eigenvalue weighted by molar-refractivity contribution is -0.384. The molecule has 2 saturated heterocycles. The molecule has 0 unspecified atom stereocenters. The SMILES string of the molecule is O=C(c1cccc(S(=O)(=O)N2CCOCC2)c1)N1CCN(c2cccc([N+](=O)[O-])c2)CC1. The Bertz CT molecular complexity index is 1110. The van der Waals surface area contributed by atoms with E-state index in [0.717, 1.165) is 5.69 Å². The van der Waals surface area contributed by atoms with Gasteiger partial charge in [-0.1, -0.05) is 12.1 Å². The minimum atomic E-state index is -3.69. The summed E-state index contributed by atoms with van der Waals surface area (Å²) in [5.41, 5.74) is 1.09. The number of ether oxygens (including phenoxy) is 1. The lowest BCUT2D eigenvalue weighted by Crippen LogP contribution is -2.48. The van der Waals surface area contributed by atoms with Gasteiger partial charge in [0.05, 0.1) is 23.0 Å². The largest absolute Gasteiger partial charge is 0.379 e. The van der Waals surface area contributed by atoms with E-state index in [1.54, 1.807) is 23.1 Å². The zero-order valence-corrected chi connectivity index (χ0v) is 18.2. The van der Waals surface area contributed by atoms with Gasteiger partial charge >= 0.3 is 0 Å². The number of amides is 1. The molecule has 10 nitrogen and oxygen atoms in total. The topological polar surface area (TPSA) is 113 Å². The Hall–Kier alpha value is -3.02. The molecule has 0 spiro atoms. The van der Waals surface area contributed by atoms with Crippen molar-refractivity contribution in [3.63, 3.8) is 0 Å². The van der Waals surface area contributed by atoms with E-state index in [-0.39, 0.29) is 16.5 Å². The van der Waals surface area contributed by atoms with Crippen molar-refractivity contribution in [2.24, 2.45) is 0 Å². The van der Waals surface area contributed by atoms with Gasteiger partial charge in [0, 0.05) is 62.7 Å². The number of nitrogens with zero attached hydrogens (tertiary/aromatic N) is 4. The van der Waals surface area contributed by atoms with E-state index < -0.39 is 14.9 Å². The van der Waals surface area contributed by atoms with Gasteiger partial charge in [0.15, 0.2) is 0 Å². The Labute approximate surface area is 186 Å². The predicted molar refractivity (Wildman–Crippen MR) is 117 cm³/mol. The normalized spacial score (nSPS) is 17.9. The number of rotatable bonds is 5. The lowest BCUT2D eigenvalue weighted by atomic mass is 10.1. The van der Waals surface area contributed by atoms with E-state index >= 15 is 0 Å². The summed E-state index contributed by atoms with van der Waals surface area (Å²) in [6.45, 7) is 3.21. The molecule has 0 saturated carbocycles. The molecule has 11 heteroatoms. The molecule has 2 aromatic rings. The number of hydrogen-bond acceptors (Lipinski definition) is 7. The molecule has 32 heavy (non-hydrogen) atoms. The molecule has 170 valence electrons. The third-order valence-electron chi connectivity index (χ3n) is 5.66. The van der Waals surface area contributed by atoms with Crippen LogP contribution in [0.15, 0.2) is 53.4 Å². The molecule has 2 heterocycles. The molecule has 0 aliphatic carbocycles. The summed E-state index contributed by atoms with van der Waals surface area (Å²) in [5.74, 6) is -0.234. The number of anilines is 1. The second-order valence-corrected chi connectivity index (χ2v) is 9.54. The zero-order valence-electron chi connectivity index (χ0n) is 17.4. The summed E-state index contributed by atoms with van der Waals surface area (Å²) in [7, 11) is -3.69. The molecule has 0 atom stereocenters. The third-order valence-corrected chi connectivity index (χ3v) is 7.56. The molecule has 0 N–H and O–H groups in total. The second kappa shape index (κ2) is 9.23. The van der Waals surface area contributed by atoms with Gasteiger partial charge in [-0.25, -0.2) is 8.42 Å². The molecule has 0 aromatic heterocycles. The average molecular weight is 461 g/mol. The van der Waals surface area contributed by atoms with Crippen LogP contribution in [-0.4, -0.2) is 80.9 Å². The first-order chi connectivity index (χ1) is 15.4. The maximum atomic E-state index is 13.0. The highest BCUT2D eigenvalue weighted by atomic mass is 32.2. The Morgan fingerprint density at radius 1 is 0.938 bits per heavy atom. The summed E-state index contributed by atoms with van der Waals surface area (Å²) in [6, 6.07) is 12.6. The molecule has 0 radical (unpaired) electrons. The van der Waals surface area contributed by atoms with Crippen LogP contribution in [0.3, 0.4) is 0 Å². The number of morpholine rings is 1. The molecule has 2 fully saturated rings. The minimum Gasteiger partial charge on any atom is -0.379 e. The molecular formula is C21H24N4O6S. The van der Waals surface area contributed by atoms with Gasteiger partial charge in [-0.15, -0.1) is 0 Å². The van der Waals surface area contributed by atoms with Gasteiger partial charge in [0.25, 0.3) is 11.6 Å². The van der Waals surface area contributed by atoms with Crippen molar-refractivity contribution in [3.8, 4) is 0 Å². The molecule has 2 aliphatic rings. The van der Waals surface area contributed by atoms with Crippen LogP contribution >= 0.6 is 0 Å². The van der Waals surface area contributed by atoms with Crippen LogP contribution in [0.1, 0.15) is 10.4 Å². The van der Waals surface area contributed by atoms with E-state index in [2.05, 4.69) is 0 Å². The number of non-ortho nitro benzene ring substituents is 1. The average Bonchev–Trinajstić information content (AvgIpc) is 2.84. The number of benzene rings is 2. The lowest BCUT2D eigenvalue weighted by Gasteiger charge is -2.36. The fraction of sp³-hybridized carbons (Fsp3) is 0.381. The fourth-order valence-corrected chi connectivity index (χ4v) is 5.33. The zero-order chi connectivity index (χ0) is 22.7.